The summed E-state index contributed by atoms with van der Waals surface area (Å²) in [5.41, 5.74) is 0.779. The predicted octanol–water partition coefficient (Wildman–Crippen LogP) is 1.60. The largest absolute Gasteiger partial charge is 0.497 e. The lowest BCUT2D eigenvalue weighted by Gasteiger charge is -2.09. The van der Waals surface area contributed by atoms with Crippen molar-refractivity contribution in [3.8, 4) is 11.5 Å². The number of benzene rings is 2. The third-order valence-electron chi connectivity index (χ3n) is 3.05. The van der Waals surface area contributed by atoms with Gasteiger partial charge in [-0.2, -0.15) is 0 Å². The summed E-state index contributed by atoms with van der Waals surface area (Å²) in [6, 6.07) is 10.3. The number of anilines is 1. The van der Waals surface area contributed by atoms with Crippen molar-refractivity contribution in [2.45, 2.75) is 4.90 Å². The van der Waals surface area contributed by atoms with Crippen molar-refractivity contribution >= 4 is 21.6 Å². The molecule has 0 bridgehead atoms. The Morgan fingerprint density at radius 1 is 1.00 bits per heavy atom. The zero-order valence-corrected chi connectivity index (χ0v) is 13.4. The van der Waals surface area contributed by atoms with Crippen molar-refractivity contribution in [1.29, 1.82) is 0 Å². The molecule has 0 heterocycles. The molecule has 0 aromatic heterocycles. The van der Waals surface area contributed by atoms with Crippen LogP contribution >= 0.6 is 0 Å². The summed E-state index contributed by atoms with van der Waals surface area (Å²) in [5.74, 6) is 0.587. The summed E-state index contributed by atoms with van der Waals surface area (Å²) < 4.78 is 32.6. The Hall–Kier alpha value is -2.58. The van der Waals surface area contributed by atoms with E-state index >= 15 is 0 Å². The number of nitrogens with one attached hydrogen (secondary N) is 1. The van der Waals surface area contributed by atoms with E-state index in [2.05, 4.69) is 5.32 Å². The number of primary sulfonamides is 1. The molecule has 2 rings (SSSR count). The van der Waals surface area contributed by atoms with Crippen LogP contribution in [0.4, 0.5) is 5.69 Å². The maximum Gasteiger partial charge on any atom is 0.255 e. The Morgan fingerprint density at radius 3 is 1.96 bits per heavy atom. The highest BCUT2D eigenvalue weighted by atomic mass is 32.2. The molecule has 7 nitrogen and oxygen atoms in total. The van der Waals surface area contributed by atoms with Gasteiger partial charge in [0.15, 0.2) is 0 Å². The first-order valence-corrected chi connectivity index (χ1v) is 8.05. The molecule has 2 aromatic carbocycles. The van der Waals surface area contributed by atoms with Crippen LogP contribution < -0.4 is 19.9 Å². The normalized spacial score (nSPS) is 10.9. The molecule has 0 spiro atoms. The van der Waals surface area contributed by atoms with Gasteiger partial charge in [0.25, 0.3) is 5.91 Å². The van der Waals surface area contributed by atoms with Gasteiger partial charge in [0, 0.05) is 17.3 Å². The van der Waals surface area contributed by atoms with Gasteiger partial charge in [0.2, 0.25) is 10.0 Å². The fourth-order valence-electron chi connectivity index (χ4n) is 1.87. The smallest absolute Gasteiger partial charge is 0.255 e. The Morgan fingerprint density at radius 2 is 1.52 bits per heavy atom. The number of ether oxygens (including phenoxy) is 2. The third-order valence-corrected chi connectivity index (χ3v) is 3.98. The number of carbonyl (C=O) groups excluding carboxylic acids is 1. The number of sulfonamides is 1. The van der Waals surface area contributed by atoms with Crippen LogP contribution in [0.2, 0.25) is 0 Å². The molecule has 1 amide bonds. The van der Waals surface area contributed by atoms with Crippen LogP contribution in [0.1, 0.15) is 10.4 Å². The van der Waals surface area contributed by atoms with Gasteiger partial charge in [-0.25, -0.2) is 13.6 Å². The highest BCUT2D eigenvalue weighted by molar-refractivity contribution is 7.89. The SMILES string of the molecule is COc1cc(OC)cc(C(=O)Nc2ccc(S(N)(=O)=O)cc2)c1. The van der Waals surface area contributed by atoms with Crippen LogP contribution in [0.25, 0.3) is 0 Å². The molecule has 8 heteroatoms. The van der Waals surface area contributed by atoms with Crippen LogP contribution in [0.15, 0.2) is 47.4 Å². The van der Waals surface area contributed by atoms with E-state index in [-0.39, 0.29) is 10.8 Å². The zero-order valence-electron chi connectivity index (χ0n) is 12.6. The summed E-state index contributed by atoms with van der Waals surface area (Å²) in [5, 5.41) is 7.67. The first kappa shape index (κ1) is 16.8. The lowest BCUT2D eigenvalue weighted by atomic mass is 10.2. The lowest BCUT2D eigenvalue weighted by molar-refractivity contribution is 0.102. The number of nitrogens with two attached hydrogens (primary N) is 1. The average molecular weight is 336 g/mol. The number of rotatable bonds is 5. The van der Waals surface area contributed by atoms with Crippen molar-refractivity contribution in [1.82, 2.24) is 0 Å². The topological polar surface area (TPSA) is 108 Å². The predicted molar refractivity (Wildman–Crippen MR) is 85.3 cm³/mol. The van der Waals surface area contributed by atoms with Crippen LogP contribution in [0, 0.1) is 0 Å². The van der Waals surface area contributed by atoms with Gasteiger partial charge in [-0.05, 0) is 36.4 Å². The number of amides is 1. The lowest BCUT2D eigenvalue weighted by Crippen LogP contribution is -2.14. The minimum absolute atomic E-state index is 0.0291. The van der Waals surface area contributed by atoms with Crippen molar-refractivity contribution in [2.75, 3.05) is 19.5 Å². The van der Waals surface area contributed by atoms with E-state index in [1.807, 2.05) is 0 Å². The molecular weight excluding hydrogens is 320 g/mol. The maximum absolute atomic E-state index is 12.3. The van der Waals surface area contributed by atoms with Gasteiger partial charge in [-0.15, -0.1) is 0 Å². The Labute approximate surface area is 134 Å². The summed E-state index contributed by atoms with van der Waals surface area (Å²) in [7, 11) is -0.787. The first-order valence-electron chi connectivity index (χ1n) is 6.51. The van der Waals surface area contributed by atoms with Crippen LogP contribution in [0.5, 0.6) is 11.5 Å². The molecule has 0 aliphatic heterocycles. The molecule has 0 saturated heterocycles. The molecule has 0 saturated carbocycles. The van der Waals surface area contributed by atoms with Crippen LogP contribution in [-0.4, -0.2) is 28.5 Å². The second-order valence-corrected chi connectivity index (χ2v) is 6.19. The van der Waals surface area contributed by atoms with E-state index in [0.29, 0.717) is 22.7 Å². The molecule has 0 aliphatic rings. The zero-order chi connectivity index (χ0) is 17.0. The molecule has 2 aromatic rings. The van der Waals surface area contributed by atoms with E-state index in [9.17, 15) is 13.2 Å². The maximum atomic E-state index is 12.3. The van der Waals surface area contributed by atoms with Gasteiger partial charge >= 0.3 is 0 Å². The van der Waals surface area contributed by atoms with Crippen LogP contribution in [-0.2, 0) is 10.0 Å². The van der Waals surface area contributed by atoms with Crippen molar-refractivity contribution < 1.29 is 22.7 Å². The highest BCUT2D eigenvalue weighted by Gasteiger charge is 2.11. The molecule has 122 valence electrons. The number of methoxy groups -OCH3 is 2. The molecule has 23 heavy (non-hydrogen) atoms. The Bertz CT molecular complexity index is 794. The van der Waals surface area contributed by atoms with E-state index < -0.39 is 10.0 Å². The second-order valence-electron chi connectivity index (χ2n) is 4.62. The van der Waals surface area contributed by atoms with E-state index in [1.54, 1.807) is 18.2 Å². The number of carbonyl (C=O) groups is 1. The molecule has 0 fully saturated rings. The van der Waals surface area contributed by atoms with Crippen LogP contribution in [0.3, 0.4) is 0 Å². The summed E-state index contributed by atoms with van der Waals surface area (Å²) in [6.45, 7) is 0. The van der Waals surface area contributed by atoms with Crippen molar-refractivity contribution in [3.05, 3.63) is 48.0 Å². The molecule has 0 aliphatic carbocycles. The quantitative estimate of drug-likeness (QED) is 0.862. The molecule has 0 atom stereocenters. The summed E-state index contributed by atoms with van der Waals surface area (Å²) >= 11 is 0. The van der Waals surface area contributed by atoms with Gasteiger partial charge in [-0.1, -0.05) is 0 Å². The average Bonchev–Trinajstić information content (AvgIpc) is 2.53. The highest BCUT2D eigenvalue weighted by Crippen LogP contribution is 2.23. The molecule has 0 radical (unpaired) electrons. The minimum Gasteiger partial charge on any atom is -0.497 e. The number of hydrogen-bond acceptors (Lipinski definition) is 5. The monoisotopic (exact) mass is 336 g/mol. The van der Waals surface area contributed by atoms with Crippen molar-refractivity contribution in [3.63, 3.8) is 0 Å². The second kappa shape index (κ2) is 6.67. The first-order chi connectivity index (χ1) is 10.8. The van der Waals surface area contributed by atoms with Crippen molar-refractivity contribution in [2.24, 2.45) is 5.14 Å². The minimum atomic E-state index is -3.76. The van der Waals surface area contributed by atoms with Gasteiger partial charge in [0.05, 0.1) is 19.1 Å². The third kappa shape index (κ3) is 4.21. The molecule has 0 unspecified atom stereocenters. The van der Waals surface area contributed by atoms with Gasteiger partial charge in [0.1, 0.15) is 11.5 Å². The van der Waals surface area contributed by atoms with E-state index in [1.165, 1.54) is 38.5 Å². The summed E-state index contributed by atoms with van der Waals surface area (Å²) in [6.07, 6.45) is 0. The van der Waals surface area contributed by atoms with Gasteiger partial charge in [-0.3, -0.25) is 4.79 Å². The summed E-state index contributed by atoms with van der Waals surface area (Å²) in [4.78, 5) is 12.2. The van der Waals surface area contributed by atoms with E-state index in [4.69, 9.17) is 14.6 Å². The fourth-order valence-corrected chi connectivity index (χ4v) is 2.39. The molecular formula is C15H16N2O5S. The fraction of sp³-hybridized carbons (Fsp3) is 0.133. The molecule has 3 N–H and O–H groups in total. The Balaban J connectivity index is 2.22. The van der Waals surface area contributed by atoms with E-state index in [0.717, 1.165) is 0 Å². The standard InChI is InChI=1S/C15H16N2O5S/c1-21-12-7-10(8-13(9-12)22-2)15(18)17-11-3-5-14(6-4-11)23(16,19)20/h3-9H,1-2H3,(H,17,18)(H2,16,19,20). The number of hydrogen-bond donors (Lipinski definition) is 2. The van der Waals surface area contributed by atoms with Gasteiger partial charge < -0.3 is 14.8 Å². The Kier molecular flexibility index (Phi) is 4.87.